The molecule has 2 aromatic carbocycles. The molecule has 0 radical (unpaired) electrons. The first-order chi connectivity index (χ1) is 6.90. The summed E-state index contributed by atoms with van der Waals surface area (Å²) in [7, 11) is 1.68. The molecule has 0 saturated carbocycles. The highest BCUT2D eigenvalue weighted by molar-refractivity contribution is 5.64. The molecule has 0 aliphatic heterocycles. The second-order valence-corrected chi connectivity index (χ2v) is 3.10. The number of benzene rings is 2. The highest BCUT2D eigenvalue weighted by atomic mass is 19.0. The van der Waals surface area contributed by atoms with Gasteiger partial charge in [-0.25, -0.2) is 0 Å². The Labute approximate surface area is 101 Å². The maximum Gasteiger partial charge on any atom is 0.119 e. The highest BCUT2D eigenvalue weighted by Crippen LogP contribution is 2.22. The third-order valence-corrected chi connectivity index (χ3v) is 2.18. The Morgan fingerprint density at radius 2 is 1.35 bits per heavy atom. The number of rotatable bonds is 2. The average Bonchev–Trinajstić information content (AvgIpc) is 2.30. The smallest absolute Gasteiger partial charge is 0.119 e. The van der Waals surface area contributed by atoms with E-state index in [9.17, 15) is 0 Å². The summed E-state index contributed by atoms with van der Waals surface area (Å²) in [6.45, 7) is 0. The fraction of sp³-hybridized carbons (Fsp3) is 0.143. The minimum atomic E-state index is 0. The molecule has 0 N–H and O–H groups in total. The SMILES string of the molecule is C.COc1cccc(-c2ccccc2)c1.F.F. The maximum atomic E-state index is 5.18. The van der Waals surface area contributed by atoms with Gasteiger partial charge in [0, 0.05) is 0 Å². The lowest BCUT2D eigenvalue weighted by molar-refractivity contribution is 0.415. The van der Waals surface area contributed by atoms with Crippen LogP contribution in [0.4, 0.5) is 9.41 Å². The largest absolute Gasteiger partial charge is 0.497 e. The summed E-state index contributed by atoms with van der Waals surface area (Å²) in [6.07, 6.45) is 0. The van der Waals surface area contributed by atoms with Crippen LogP contribution in [0.25, 0.3) is 11.1 Å². The molecule has 0 fully saturated rings. The van der Waals surface area contributed by atoms with Crippen LogP contribution >= 0.6 is 0 Å². The second-order valence-electron chi connectivity index (χ2n) is 3.10. The Bertz CT molecular complexity index is 416. The van der Waals surface area contributed by atoms with Crippen molar-refractivity contribution in [1.82, 2.24) is 0 Å². The van der Waals surface area contributed by atoms with Crippen LogP contribution in [0.15, 0.2) is 54.6 Å². The lowest BCUT2D eigenvalue weighted by Gasteiger charge is -2.03. The number of methoxy groups -OCH3 is 1. The van der Waals surface area contributed by atoms with Crippen molar-refractivity contribution >= 4 is 0 Å². The molecule has 17 heavy (non-hydrogen) atoms. The van der Waals surface area contributed by atoms with E-state index in [1.165, 1.54) is 11.1 Å². The lowest BCUT2D eigenvalue weighted by Crippen LogP contribution is -1.83. The molecule has 2 rings (SSSR count). The molecule has 0 saturated heterocycles. The van der Waals surface area contributed by atoms with E-state index in [4.69, 9.17) is 4.74 Å². The van der Waals surface area contributed by atoms with Gasteiger partial charge in [-0.15, -0.1) is 0 Å². The number of ether oxygens (including phenoxy) is 1. The highest BCUT2D eigenvalue weighted by Gasteiger charge is 1.97. The van der Waals surface area contributed by atoms with E-state index >= 15 is 0 Å². The van der Waals surface area contributed by atoms with E-state index in [0.29, 0.717) is 0 Å². The third-order valence-electron chi connectivity index (χ3n) is 2.18. The van der Waals surface area contributed by atoms with Crippen molar-refractivity contribution < 1.29 is 14.1 Å². The Kier molecular flexibility index (Phi) is 8.52. The van der Waals surface area contributed by atoms with Crippen LogP contribution in [-0.2, 0) is 0 Å². The van der Waals surface area contributed by atoms with Crippen molar-refractivity contribution in [3.8, 4) is 16.9 Å². The van der Waals surface area contributed by atoms with Gasteiger partial charge in [0.15, 0.2) is 0 Å². The van der Waals surface area contributed by atoms with Gasteiger partial charge in [-0.05, 0) is 23.3 Å². The van der Waals surface area contributed by atoms with Gasteiger partial charge < -0.3 is 4.74 Å². The number of hydrogen-bond donors (Lipinski definition) is 0. The summed E-state index contributed by atoms with van der Waals surface area (Å²) in [5, 5.41) is 0. The van der Waals surface area contributed by atoms with Crippen molar-refractivity contribution in [3.63, 3.8) is 0 Å². The molecule has 0 aromatic heterocycles. The van der Waals surface area contributed by atoms with Crippen molar-refractivity contribution in [2.24, 2.45) is 0 Å². The molecule has 2 aromatic rings. The monoisotopic (exact) mass is 240 g/mol. The Balaban J connectivity index is 0. The zero-order chi connectivity index (χ0) is 9.80. The first-order valence-electron chi connectivity index (χ1n) is 4.59. The summed E-state index contributed by atoms with van der Waals surface area (Å²) in [4.78, 5) is 0. The van der Waals surface area contributed by atoms with Crippen LogP contribution in [-0.4, -0.2) is 7.11 Å². The third kappa shape index (κ3) is 4.23. The summed E-state index contributed by atoms with van der Waals surface area (Å²) in [5.41, 5.74) is 2.40. The van der Waals surface area contributed by atoms with E-state index < -0.39 is 0 Å². The van der Waals surface area contributed by atoms with E-state index in [1.807, 2.05) is 36.4 Å². The van der Waals surface area contributed by atoms with Crippen molar-refractivity contribution in [2.75, 3.05) is 7.11 Å². The number of halogens is 2. The van der Waals surface area contributed by atoms with Crippen LogP contribution in [0.1, 0.15) is 7.43 Å². The van der Waals surface area contributed by atoms with Gasteiger partial charge in [0.1, 0.15) is 5.75 Å². The topological polar surface area (TPSA) is 9.23 Å². The molecule has 0 bridgehead atoms. The van der Waals surface area contributed by atoms with Crippen LogP contribution in [0.5, 0.6) is 5.75 Å². The molecule has 0 amide bonds. The molecular weight excluding hydrogens is 222 g/mol. The van der Waals surface area contributed by atoms with Gasteiger partial charge in [0.2, 0.25) is 0 Å². The van der Waals surface area contributed by atoms with E-state index in [2.05, 4.69) is 18.2 Å². The summed E-state index contributed by atoms with van der Waals surface area (Å²) in [6, 6.07) is 18.3. The molecule has 1 nitrogen and oxygen atoms in total. The van der Waals surface area contributed by atoms with Crippen molar-refractivity contribution in [1.29, 1.82) is 0 Å². The second kappa shape index (κ2) is 8.28. The zero-order valence-electron chi connectivity index (χ0n) is 8.92. The fourth-order valence-electron chi connectivity index (χ4n) is 1.43. The molecule has 0 atom stereocenters. The predicted molar refractivity (Wildman–Crippen MR) is 70.2 cm³/mol. The molecule has 0 heterocycles. The van der Waals surface area contributed by atoms with Crippen LogP contribution in [0, 0.1) is 0 Å². The van der Waals surface area contributed by atoms with Crippen LogP contribution in [0.2, 0.25) is 0 Å². The van der Waals surface area contributed by atoms with Gasteiger partial charge >= 0.3 is 0 Å². The van der Waals surface area contributed by atoms with Crippen molar-refractivity contribution in [2.45, 2.75) is 7.43 Å². The number of hydrogen-bond acceptors (Lipinski definition) is 1. The van der Waals surface area contributed by atoms with Crippen LogP contribution in [0.3, 0.4) is 0 Å². The average molecular weight is 240 g/mol. The maximum absolute atomic E-state index is 5.18. The Morgan fingerprint density at radius 1 is 0.765 bits per heavy atom. The molecule has 0 aliphatic rings. The fourth-order valence-corrected chi connectivity index (χ4v) is 1.43. The first kappa shape index (κ1) is 17.5. The molecular formula is C14H18F2O. The summed E-state index contributed by atoms with van der Waals surface area (Å²) < 4.78 is 5.18. The standard InChI is InChI=1S/C13H12O.CH4.2FH/c1-14-13-9-5-8-12(10-13)11-6-3-2-4-7-11;;;/h2-10H,1H3;1H4;2*1H. The van der Waals surface area contributed by atoms with Gasteiger partial charge in [0.05, 0.1) is 7.11 Å². The molecule has 0 unspecified atom stereocenters. The van der Waals surface area contributed by atoms with E-state index in [-0.39, 0.29) is 16.8 Å². The summed E-state index contributed by atoms with van der Waals surface area (Å²) >= 11 is 0. The predicted octanol–water partition coefficient (Wildman–Crippen LogP) is 4.30. The Hall–Kier alpha value is -1.90. The minimum absolute atomic E-state index is 0. The van der Waals surface area contributed by atoms with E-state index in [1.54, 1.807) is 7.11 Å². The van der Waals surface area contributed by atoms with Crippen molar-refractivity contribution in [3.05, 3.63) is 54.6 Å². The van der Waals surface area contributed by atoms with Crippen LogP contribution < -0.4 is 4.74 Å². The Morgan fingerprint density at radius 3 is 1.94 bits per heavy atom. The molecule has 0 spiro atoms. The van der Waals surface area contributed by atoms with Gasteiger partial charge in [-0.1, -0.05) is 49.9 Å². The van der Waals surface area contributed by atoms with Gasteiger partial charge in [-0.3, -0.25) is 9.41 Å². The van der Waals surface area contributed by atoms with E-state index in [0.717, 1.165) is 5.75 Å². The van der Waals surface area contributed by atoms with Gasteiger partial charge in [0.25, 0.3) is 0 Å². The molecule has 94 valence electrons. The first-order valence-corrected chi connectivity index (χ1v) is 4.59. The van der Waals surface area contributed by atoms with Gasteiger partial charge in [-0.2, -0.15) is 0 Å². The molecule has 3 heteroatoms. The normalized spacial score (nSPS) is 8.06. The quantitative estimate of drug-likeness (QED) is 0.760. The summed E-state index contributed by atoms with van der Waals surface area (Å²) in [5.74, 6) is 0.895. The molecule has 0 aliphatic carbocycles. The lowest BCUT2D eigenvalue weighted by atomic mass is 10.1. The minimum Gasteiger partial charge on any atom is -0.497 e. The zero-order valence-corrected chi connectivity index (χ0v) is 8.92.